The molecule has 0 aliphatic carbocycles. The zero-order valence-corrected chi connectivity index (χ0v) is 54.7. The Bertz CT molecular complexity index is 1730. The van der Waals surface area contributed by atoms with Crippen LogP contribution in [0.5, 0.6) is 0 Å². The lowest BCUT2D eigenvalue weighted by Crippen LogP contribution is -2.54. The van der Waals surface area contributed by atoms with Gasteiger partial charge in [0.2, 0.25) is 0 Å². The van der Waals surface area contributed by atoms with E-state index in [-0.39, 0.29) is 124 Å². The van der Waals surface area contributed by atoms with Gasteiger partial charge in [0.1, 0.15) is 42.7 Å². The first-order valence-electron chi connectivity index (χ1n) is 32.4. The molecule has 496 valence electrons. The highest BCUT2D eigenvalue weighted by Crippen LogP contribution is 2.21. The number of nitrogens with one attached hydrogen (secondary N) is 7. The van der Waals surface area contributed by atoms with Gasteiger partial charge in [-0.1, -0.05) is 103 Å². The summed E-state index contributed by atoms with van der Waals surface area (Å²) in [6.45, 7) is 35.2. The van der Waals surface area contributed by atoms with Crippen LogP contribution >= 0.6 is 0 Å². The number of rotatable bonds is 21. The summed E-state index contributed by atoms with van der Waals surface area (Å²) in [5.41, 5.74) is 0. The van der Waals surface area contributed by atoms with E-state index in [1.807, 2.05) is 96.9 Å². The number of ketones is 7. The normalized spacial score (nSPS) is 24.9. The molecule has 12 unspecified atom stereocenters. The van der Waals surface area contributed by atoms with Gasteiger partial charge in [-0.25, -0.2) is 0 Å². The van der Waals surface area contributed by atoms with Gasteiger partial charge >= 0.3 is 0 Å². The third-order valence-corrected chi connectivity index (χ3v) is 16.9. The monoisotopic (exact) mass is 1210 g/mol. The molecule has 0 spiro atoms. The number of aliphatic hydroxyl groups excluding tert-OH is 7. The van der Waals surface area contributed by atoms with Crippen LogP contribution in [0, 0.1) is 65.1 Å². The fourth-order valence-electron chi connectivity index (χ4n) is 10.4. The van der Waals surface area contributed by atoms with Gasteiger partial charge < -0.3 is 73.0 Å². The number of piperidine rings is 3. The lowest BCUT2D eigenvalue weighted by atomic mass is 9.87. The minimum atomic E-state index is -0.805. The molecule has 12 atom stereocenters. The van der Waals surface area contributed by atoms with E-state index >= 15 is 0 Å². The van der Waals surface area contributed by atoms with Crippen LogP contribution in [0.4, 0.5) is 0 Å². The van der Waals surface area contributed by atoms with Crippen molar-refractivity contribution < 1.29 is 69.3 Å². The molecule has 0 aromatic heterocycles. The molecule has 0 amide bonds. The number of hydrogen-bond donors (Lipinski definition) is 14. The van der Waals surface area contributed by atoms with E-state index in [0.29, 0.717) is 0 Å². The van der Waals surface area contributed by atoms with Crippen LogP contribution in [0.3, 0.4) is 0 Å². The fraction of sp³-hybridized carbons (Fsp3) is 0.891. The summed E-state index contributed by atoms with van der Waals surface area (Å²) in [6, 6.07) is 0.00782. The van der Waals surface area contributed by atoms with Crippen LogP contribution in [0.1, 0.15) is 168 Å². The van der Waals surface area contributed by atoms with E-state index < -0.39 is 42.7 Å². The molecule has 0 saturated carbocycles. The lowest BCUT2D eigenvalue weighted by molar-refractivity contribution is -0.134. The summed E-state index contributed by atoms with van der Waals surface area (Å²) in [5.74, 6) is -0.0389. The van der Waals surface area contributed by atoms with Crippen molar-refractivity contribution in [2.45, 2.75) is 228 Å². The van der Waals surface area contributed by atoms with Gasteiger partial charge in [-0.3, -0.25) is 33.6 Å². The molecule has 7 aliphatic heterocycles. The van der Waals surface area contributed by atoms with Crippen molar-refractivity contribution in [1.29, 1.82) is 0 Å². The van der Waals surface area contributed by atoms with Crippen LogP contribution in [0.25, 0.3) is 0 Å². The summed E-state index contributed by atoms with van der Waals surface area (Å²) in [4.78, 5) is 79.5. The van der Waals surface area contributed by atoms with E-state index in [0.717, 1.165) is 143 Å². The molecule has 14 N–H and O–H groups in total. The largest absolute Gasteiger partial charge is 0.385 e. The smallest absolute Gasteiger partial charge is 0.165 e. The zero-order valence-electron chi connectivity index (χ0n) is 54.7. The van der Waals surface area contributed by atoms with Gasteiger partial charge in [0.15, 0.2) is 40.5 Å². The standard InChI is InChI=1S/3C10H19NO2.2C9H17NO2.2C8H15NO2/c1-7(2)9(12)10(13)8-3-5-11-6-4-8;1-7(2)9(12)10(13)8-4-3-5-11-6-8;1-7(2)9(12)10(13)8-5-3-4-6-11-8;1-6(2)8(11)9(12)7-3-4-10-5-7;1-6(2)8(11)9(12)7-4-3-5-10-7;1-5(2)7(10)8(11)6-3-9-4-6;1-5(2)7(10)8(11)6-3-4-9-6/h3*7-8,10-11,13H,3-6H2,1-2H3;2*6-7,9-10,12H,3-5H2,1-2H3;2*5-6,8-9,11H,3-4H2,1-2H3. The van der Waals surface area contributed by atoms with Crippen LogP contribution < -0.4 is 37.2 Å². The fourth-order valence-corrected chi connectivity index (χ4v) is 10.4. The van der Waals surface area contributed by atoms with Gasteiger partial charge in [0, 0.05) is 103 Å². The Morgan fingerprint density at radius 1 is 0.259 bits per heavy atom. The average Bonchev–Trinajstić information content (AvgIpc) is 4.37. The van der Waals surface area contributed by atoms with Gasteiger partial charge in [0.05, 0.1) is 0 Å². The second kappa shape index (κ2) is 42.9. The van der Waals surface area contributed by atoms with E-state index in [1.54, 1.807) is 0 Å². The molecule has 7 rings (SSSR count). The van der Waals surface area contributed by atoms with Crippen molar-refractivity contribution in [3.63, 3.8) is 0 Å². The first-order valence-corrected chi connectivity index (χ1v) is 32.4. The van der Waals surface area contributed by atoms with Gasteiger partial charge in [-0.15, -0.1) is 0 Å². The lowest BCUT2D eigenvalue weighted by Gasteiger charge is -2.31. The maximum absolute atomic E-state index is 11.5. The van der Waals surface area contributed by atoms with Crippen molar-refractivity contribution in [2.24, 2.45) is 65.1 Å². The minimum absolute atomic E-state index is 0.0000926. The van der Waals surface area contributed by atoms with E-state index in [4.69, 9.17) is 0 Å². The molecule has 7 saturated heterocycles. The quantitative estimate of drug-likeness (QED) is 0.0782. The third kappa shape index (κ3) is 29.5. The van der Waals surface area contributed by atoms with Gasteiger partial charge in [-0.05, 0) is 116 Å². The molecule has 7 fully saturated rings. The molecule has 0 bridgehead atoms. The summed E-state index contributed by atoms with van der Waals surface area (Å²) in [5, 5.41) is 89.0. The molecule has 0 aromatic carbocycles. The summed E-state index contributed by atoms with van der Waals surface area (Å²) < 4.78 is 0. The Kier molecular flexibility index (Phi) is 40.5. The first-order chi connectivity index (χ1) is 39.9. The van der Waals surface area contributed by atoms with Crippen molar-refractivity contribution in [1.82, 2.24) is 37.2 Å². The summed E-state index contributed by atoms with van der Waals surface area (Å²) in [7, 11) is 0. The Morgan fingerprint density at radius 2 is 0.529 bits per heavy atom. The van der Waals surface area contributed by atoms with Crippen LogP contribution in [-0.4, -0.2) is 209 Å². The second-order valence-electron chi connectivity index (χ2n) is 26.5. The zero-order chi connectivity index (χ0) is 64.7. The highest BCUT2D eigenvalue weighted by atomic mass is 16.3. The molecule has 7 heterocycles. The Morgan fingerprint density at radius 3 is 0.812 bits per heavy atom. The van der Waals surface area contributed by atoms with Crippen molar-refractivity contribution in [3.8, 4) is 0 Å². The number of carbonyl (C=O) groups is 7. The first kappa shape index (κ1) is 80.1. The topological polar surface area (TPSA) is 345 Å². The number of hydrogen-bond acceptors (Lipinski definition) is 21. The molecule has 85 heavy (non-hydrogen) atoms. The Labute approximate surface area is 510 Å². The van der Waals surface area contributed by atoms with Gasteiger partial charge in [-0.2, -0.15) is 0 Å². The van der Waals surface area contributed by atoms with E-state index in [1.165, 1.54) is 0 Å². The maximum Gasteiger partial charge on any atom is 0.165 e. The SMILES string of the molecule is CC(C)C(=O)C(O)C1CCCCN1.CC(C)C(=O)C(O)C1CCCN1.CC(C)C(=O)C(O)C1CCCNC1.CC(C)C(=O)C(O)C1CCN1.CC(C)C(=O)C(O)C1CCNC1.CC(C)C(=O)C(O)C1CCNCC1.CC(C)C(=O)C(O)C1CNC1. The van der Waals surface area contributed by atoms with E-state index in [9.17, 15) is 69.3 Å². The van der Waals surface area contributed by atoms with Crippen LogP contribution in [0.2, 0.25) is 0 Å². The van der Waals surface area contributed by atoms with Crippen LogP contribution in [0.15, 0.2) is 0 Å². The molecule has 7 aliphatic rings. The van der Waals surface area contributed by atoms with E-state index in [2.05, 4.69) is 37.2 Å². The molecular formula is C64H121N7O14. The predicted octanol–water partition coefficient (Wildman–Crippen LogP) is 2.09. The predicted molar refractivity (Wildman–Crippen MR) is 333 cm³/mol. The van der Waals surface area contributed by atoms with Crippen LogP contribution in [-0.2, 0) is 33.6 Å². The van der Waals surface area contributed by atoms with Crippen molar-refractivity contribution >= 4 is 40.5 Å². The van der Waals surface area contributed by atoms with Crippen molar-refractivity contribution in [3.05, 3.63) is 0 Å². The molecule has 21 heteroatoms. The number of aliphatic hydroxyl groups is 7. The average molecular weight is 1210 g/mol. The second-order valence-corrected chi connectivity index (χ2v) is 26.5. The third-order valence-electron chi connectivity index (χ3n) is 16.9. The number of carbonyl (C=O) groups excluding carboxylic acids is 7. The highest BCUT2D eigenvalue weighted by Gasteiger charge is 2.35. The molecule has 21 nitrogen and oxygen atoms in total. The Hall–Kier alpha value is -2.87. The Balaban J connectivity index is 0.000000496. The molecular weight excluding hydrogens is 1090 g/mol. The highest BCUT2D eigenvalue weighted by molar-refractivity contribution is 5.87. The molecule has 0 radical (unpaired) electrons. The summed E-state index contributed by atoms with van der Waals surface area (Å²) in [6.07, 6.45) is 5.48. The minimum Gasteiger partial charge on any atom is -0.385 e. The molecule has 0 aromatic rings. The van der Waals surface area contributed by atoms with Crippen molar-refractivity contribution in [2.75, 3.05) is 72.0 Å². The summed E-state index contributed by atoms with van der Waals surface area (Å²) >= 11 is 0. The number of Topliss-reactive ketones (excluding diaryl/α,β-unsaturated/α-hetero) is 7. The maximum atomic E-state index is 11.5. The van der Waals surface area contributed by atoms with Gasteiger partial charge in [0.25, 0.3) is 0 Å².